The maximum atomic E-state index is 12.1. The number of rotatable bonds is 9. The van der Waals surface area contributed by atoms with Crippen molar-refractivity contribution in [1.29, 1.82) is 0 Å². The van der Waals surface area contributed by atoms with Crippen LogP contribution < -0.4 is 11.0 Å². The average Bonchev–Trinajstić information content (AvgIpc) is 2.59. The molecule has 1 aromatic rings. The molecule has 0 unspecified atom stereocenters. The Balaban J connectivity index is 2.84. The van der Waals surface area contributed by atoms with Gasteiger partial charge in [-0.2, -0.15) is 0 Å². The molecule has 0 saturated carbocycles. The Labute approximate surface area is 158 Å². The van der Waals surface area contributed by atoms with Crippen LogP contribution in [0.5, 0.6) is 0 Å². The first-order valence-electron chi connectivity index (χ1n) is 8.35. The van der Waals surface area contributed by atoms with Crippen LogP contribution in [0.25, 0.3) is 0 Å². The Morgan fingerprint density at radius 2 is 2.00 bits per heavy atom. The summed E-state index contributed by atoms with van der Waals surface area (Å²) in [5, 5.41) is 4.33. The lowest BCUT2D eigenvalue weighted by Gasteiger charge is -2.17. The minimum atomic E-state index is -0.161. The highest BCUT2D eigenvalue weighted by atomic mass is 32.2. The number of nitrogens with zero attached hydrogens (tertiary/aromatic N) is 2. The first-order chi connectivity index (χ1) is 11.8. The number of allylic oxidation sites excluding steroid dienone is 1. The molecule has 0 radical (unpaired) electrons. The van der Waals surface area contributed by atoms with Crippen LogP contribution in [0.15, 0.2) is 15.9 Å². The molecule has 1 aromatic heterocycles. The van der Waals surface area contributed by atoms with Crippen molar-refractivity contribution in [2.24, 2.45) is 14.1 Å². The number of aromatic nitrogens is 2. The highest BCUT2D eigenvalue weighted by Crippen LogP contribution is 2.24. The van der Waals surface area contributed by atoms with Crippen LogP contribution in [0.4, 0.5) is 5.69 Å². The Bertz CT molecular complexity index is 751. The molecule has 0 aromatic carbocycles. The predicted molar refractivity (Wildman–Crippen MR) is 107 cm³/mol. The number of carbonyl (C=O) groups excluding carboxylic acids is 1. The van der Waals surface area contributed by atoms with E-state index in [0.29, 0.717) is 17.7 Å². The fourth-order valence-electron chi connectivity index (χ4n) is 2.18. The van der Waals surface area contributed by atoms with Crippen molar-refractivity contribution in [1.82, 2.24) is 9.13 Å². The van der Waals surface area contributed by atoms with E-state index in [2.05, 4.69) is 18.3 Å². The van der Waals surface area contributed by atoms with Gasteiger partial charge in [-0.15, -0.1) is 11.8 Å². The third kappa shape index (κ3) is 6.04. The largest absolute Gasteiger partial charge is 0.466 e. The number of hydrogen-bond acceptors (Lipinski definition) is 6. The molecule has 0 atom stereocenters. The van der Waals surface area contributed by atoms with E-state index in [1.165, 1.54) is 4.57 Å². The van der Waals surface area contributed by atoms with Gasteiger partial charge in [0.05, 0.1) is 17.3 Å². The molecule has 0 saturated heterocycles. The second-order valence-electron chi connectivity index (χ2n) is 5.52. The van der Waals surface area contributed by atoms with Gasteiger partial charge < -0.3 is 10.1 Å². The molecular weight excluding hydrogens is 358 g/mol. The van der Waals surface area contributed by atoms with E-state index in [1.807, 2.05) is 6.92 Å². The highest BCUT2D eigenvalue weighted by molar-refractivity contribution is 8.03. The topological polar surface area (TPSA) is 65.3 Å². The summed E-state index contributed by atoms with van der Waals surface area (Å²) in [4.78, 5) is 23.5. The number of ether oxygens (including phenoxy) is 1. The molecule has 1 heterocycles. The second-order valence-corrected chi connectivity index (χ2v) is 7.05. The van der Waals surface area contributed by atoms with E-state index in [-0.39, 0.29) is 11.7 Å². The van der Waals surface area contributed by atoms with Crippen LogP contribution in [0.2, 0.25) is 0 Å². The van der Waals surface area contributed by atoms with Crippen molar-refractivity contribution in [2.45, 2.75) is 40.0 Å². The number of hydrogen-bond donors (Lipinski definition) is 1. The number of anilines is 1. The first kappa shape index (κ1) is 21.5. The molecule has 0 spiro atoms. The fraction of sp³-hybridized carbons (Fsp3) is 0.588. The zero-order valence-corrected chi connectivity index (χ0v) is 17.2. The van der Waals surface area contributed by atoms with Crippen molar-refractivity contribution in [3.63, 3.8) is 0 Å². The minimum Gasteiger partial charge on any atom is -0.466 e. The third-order valence-corrected chi connectivity index (χ3v) is 5.23. The van der Waals surface area contributed by atoms with Crippen LogP contribution in [0.1, 0.15) is 38.8 Å². The van der Waals surface area contributed by atoms with Gasteiger partial charge in [0.1, 0.15) is 4.64 Å². The Morgan fingerprint density at radius 1 is 1.32 bits per heavy atom. The van der Waals surface area contributed by atoms with E-state index in [0.717, 1.165) is 35.0 Å². The van der Waals surface area contributed by atoms with Crippen molar-refractivity contribution < 1.29 is 9.53 Å². The van der Waals surface area contributed by atoms with Gasteiger partial charge in [0.25, 0.3) is 0 Å². The van der Waals surface area contributed by atoms with Gasteiger partial charge >= 0.3 is 11.7 Å². The standard InChI is InChI=1S/C17H27N3O3S2/c1-6-9-13(25-11-8-10-14(21)23-7-2)18-15-12(3)19(4)17(22)20(5)16(15)24/h9,18H,6-8,10-11H2,1-5H3/b13-9+. The van der Waals surface area contributed by atoms with Crippen LogP contribution in [0, 0.1) is 11.6 Å². The molecule has 1 N–H and O–H groups in total. The number of carbonyl (C=O) groups is 1. The number of nitrogens with one attached hydrogen (secondary N) is 1. The molecule has 6 nitrogen and oxygen atoms in total. The summed E-state index contributed by atoms with van der Waals surface area (Å²) in [7, 11) is 3.40. The zero-order chi connectivity index (χ0) is 19.0. The predicted octanol–water partition coefficient (Wildman–Crippen LogP) is 3.50. The van der Waals surface area contributed by atoms with Crippen molar-refractivity contribution in [3.05, 3.63) is 31.9 Å². The lowest BCUT2D eigenvalue weighted by Crippen LogP contribution is -2.30. The van der Waals surface area contributed by atoms with E-state index in [4.69, 9.17) is 17.0 Å². The molecule has 8 heteroatoms. The van der Waals surface area contributed by atoms with Crippen LogP contribution >= 0.6 is 24.0 Å². The number of thioether (sulfide) groups is 1. The van der Waals surface area contributed by atoms with Gasteiger partial charge in [0, 0.05) is 26.2 Å². The molecule has 25 heavy (non-hydrogen) atoms. The van der Waals surface area contributed by atoms with Gasteiger partial charge in [-0.1, -0.05) is 25.2 Å². The van der Waals surface area contributed by atoms with Crippen molar-refractivity contribution in [2.75, 3.05) is 17.7 Å². The Hall–Kier alpha value is -1.54. The lowest BCUT2D eigenvalue weighted by atomic mass is 10.3. The maximum Gasteiger partial charge on any atom is 0.328 e. The third-order valence-electron chi connectivity index (χ3n) is 3.68. The van der Waals surface area contributed by atoms with Gasteiger partial charge in [-0.25, -0.2) is 4.79 Å². The Kier molecular flexibility index (Phi) is 8.99. The SMILES string of the molecule is CC/C=C(\Nc1c(C)n(C)c(=O)n(C)c1=S)SCCCC(=O)OCC. The van der Waals surface area contributed by atoms with Crippen LogP contribution in [0.3, 0.4) is 0 Å². The van der Waals surface area contributed by atoms with Gasteiger partial charge in [0.15, 0.2) is 0 Å². The monoisotopic (exact) mass is 385 g/mol. The lowest BCUT2D eigenvalue weighted by molar-refractivity contribution is -0.143. The number of esters is 1. The minimum absolute atomic E-state index is 0.142. The van der Waals surface area contributed by atoms with Crippen molar-refractivity contribution >= 4 is 35.6 Å². The quantitative estimate of drug-likeness (QED) is 0.399. The summed E-state index contributed by atoms with van der Waals surface area (Å²) >= 11 is 7.05. The maximum absolute atomic E-state index is 12.1. The van der Waals surface area contributed by atoms with Gasteiger partial charge in [-0.05, 0) is 32.4 Å². The molecule has 0 bridgehead atoms. The summed E-state index contributed by atoms with van der Waals surface area (Å²) < 4.78 is 8.45. The van der Waals surface area contributed by atoms with E-state index in [9.17, 15) is 9.59 Å². The normalized spacial score (nSPS) is 11.5. The summed E-state index contributed by atoms with van der Waals surface area (Å²) in [5.74, 6) is 0.632. The average molecular weight is 386 g/mol. The summed E-state index contributed by atoms with van der Waals surface area (Å²) in [6.07, 6.45) is 4.11. The van der Waals surface area contributed by atoms with E-state index in [1.54, 1.807) is 37.3 Å². The zero-order valence-electron chi connectivity index (χ0n) is 15.5. The molecule has 0 aliphatic carbocycles. The van der Waals surface area contributed by atoms with E-state index < -0.39 is 0 Å². The molecule has 0 aliphatic rings. The second kappa shape index (κ2) is 10.5. The smallest absolute Gasteiger partial charge is 0.328 e. The van der Waals surface area contributed by atoms with Crippen LogP contribution in [-0.4, -0.2) is 27.5 Å². The first-order valence-corrected chi connectivity index (χ1v) is 9.75. The van der Waals surface area contributed by atoms with Gasteiger partial charge in [-0.3, -0.25) is 13.9 Å². The van der Waals surface area contributed by atoms with Gasteiger partial charge in [0.2, 0.25) is 0 Å². The van der Waals surface area contributed by atoms with Crippen LogP contribution in [-0.2, 0) is 23.6 Å². The summed E-state index contributed by atoms with van der Waals surface area (Å²) in [5.41, 5.74) is 1.41. The van der Waals surface area contributed by atoms with Crippen molar-refractivity contribution in [3.8, 4) is 0 Å². The molecule has 0 fully saturated rings. The van der Waals surface area contributed by atoms with E-state index >= 15 is 0 Å². The molecule has 1 rings (SSSR count). The molecule has 0 aliphatic heterocycles. The fourth-order valence-corrected chi connectivity index (χ4v) is 3.42. The molecule has 140 valence electrons. The molecular formula is C17H27N3O3S2. The summed E-state index contributed by atoms with van der Waals surface area (Å²) in [6, 6.07) is 0. The summed E-state index contributed by atoms with van der Waals surface area (Å²) in [6.45, 7) is 6.15. The molecule has 0 amide bonds. The Morgan fingerprint density at radius 3 is 2.60 bits per heavy atom. The highest BCUT2D eigenvalue weighted by Gasteiger charge is 2.11.